The standard InChI is InChI=1S/C31H62N2O6/c1-28(2,3)18-30(7,8)16-25(37)33-21(23(35)15-24(36)31(9,10)19-29(4,5)6)17-32-20-13-11-12-14-22(34)27(39)26(20)38/h20-24,26-27,32,34-36,38-39H,11-19H2,1-10H3,(H,33,37). The fraction of sp³-hybridized carbons (Fsp3) is 0.968. The Bertz CT molecular complexity index is 742. The number of hydrogen-bond donors (Lipinski definition) is 7. The lowest BCUT2D eigenvalue weighted by atomic mass is 9.71. The first kappa shape index (κ1) is 36.3. The summed E-state index contributed by atoms with van der Waals surface area (Å²) in [6.45, 7) is 21.1. The molecule has 1 fully saturated rings. The third-order valence-electron chi connectivity index (χ3n) is 7.83. The maximum Gasteiger partial charge on any atom is 0.220 e. The van der Waals surface area contributed by atoms with Crippen molar-refractivity contribution in [3.8, 4) is 0 Å². The summed E-state index contributed by atoms with van der Waals surface area (Å²) in [5, 5.41) is 59.9. The highest BCUT2D eigenvalue weighted by Gasteiger charge is 2.37. The van der Waals surface area contributed by atoms with E-state index in [-0.39, 0.29) is 35.1 Å². The van der Waals surface area contributed by atoms with Crippen LogP contribution >= 0.6 is 0 Å². The SMILES string of the molecule is CC(C)(C)CC(C)(C)CC(=O)NC(CNC1CCCCC(O)C(O)C1O)C(O)CC(O)C(C)(C)CC(C)(C)C. The molecule has 7 atom stereocenters. The second-order valence-corrected chi connectivity index (χ2v) is 16.1. The fourth-order valence-electron chi connectivity index (χ4n) is 6.70. The summed E-state index contributed by atoms with van der Waals surface area (Å²) >= 11 is 0. The van der Waals surface area contributed by atoms with Gasteiger partial charge in [-0.25, -0.2) is 0 Å². The van der Waals surface area contributed by atoms with E-state index in [1.54, 1.807) is 0 Å². The van der Waals surface area contributed by atoms with Crippen molar-refractivity contribution >= 4 is 5.91 Å². The van der Waals surface area contributed by atoms with Gasteiger partial charge >= 0.3 is 0 Å². The highest BCUT2D eigenvalue weighted by atomic mass is 16.4. The van der Waals surface area contributed by atoms with Crippen LogP contribution in [-0.2, 0) is 4.79 Å². The van der Waals surface area contributed by atoms with Crippen molar-refractivity contribution in [2.45, 2.75) is 163 Å². The van der Waals surface area contributed by atoms with Gasteiger partial charge in [0.1, 0.15) is 6.10 Å². The van der Waals surface area contributed by atoms with Crippen LogP contribution < -0.4 is 10.6 Å². The molecule has 0 aromatic carbocycles. The maximum atomic E-state index is 13.2. The summed E-state index contributed by atoms with van der Waals surface area (Å²) in [6, 6.07) is -1.20. The molecule has 7 unspecified atom stereocenters. The molecule has 0 heterocycles. The zero-order valence-electron chi connectivity index (χ0n) is 26.5. The largest absolute Gasteiger partial charge is 0.392 e. The highest BCUT2D eigenvalue weighted by Crippen LogP contribution is 2.38. The molecular weight excluding hydrogens is 496 g/mol. The molecule has 1 aliphatic carbocycles. The number of rotatable bonds is 12. The number of aliphatic hydroxyl groups excluding tert-OH is 5. The normalized spacial score (nSPS) is 26.3. The summed E-state index contributed by atoms with van der Waals surface area (Å²) in [7, 11) is 0. The van der Waals surface area contributed by atoms with E-state index in [9.17, 15) is 30.3 Å². The van der Waals surface area contributed by atoms with Crippen LogP contribution in [0.15, 0.2) is 0 Å². The minimum absolute atomic E-state index is 0.00296. The predicted octanol–water partition coefficient (Wildman–Crippen LogP) is 3.51. The van der Waals surface area contributed by atoms with Crippen molar-refractivity contribution in [3.05, 3.63) is 0 Å². The third kappa shape index (κ3) is 13.6. The fourth-order valence-corrected chi connectivity index (χ4v) is 6.70. The van der Waals surface area contributed by atoms with Gasteiger partial charge in [-0.2, -0.15) is 0 Å². The molecule has 1 amide bonds. The van der Waals surface area contributed by atoms with E-state index in [0.717, 1.165) is 25.7 Å². The molecule has 0 spiro atoms. The van der Waals surface area contributed by atoms with Crippen molar-refractivity contribution in [1.82, 2.24) is 10.6 Å². The Balaban J connectivity index is 3.05. The van der Waals surface area contributed by atoms with Gasteiger partial charge in [0.05, 0.1) is 30.5 Å². The van der Waals surface area contributed by atoms with Gasteiger partial charge in [0.2, 0.25) is 5.91 Å². The number of nitrogens with one attached hydrogen (secondary N) is 2. The summed E-state index contributed by atoms with van der Waals surface area (Å²) in [4.78, 5) is 13.2. The Labute approximate surface area is 238 Å². The quantitative estimate of drug-likeness (QED) is 0.194. The van der Waals surface area contributed by atoms with E-state index < -0.39 is 48.0 Å². The molecule has 1 aliphatic rings. The van der Waals surface area contributed by atoms with Crippen LogP contribution in [0.2, 0.25) is 0 Å². The average Bonchev–Trinajstić information content (AvgIpc) is 2.71. The smallest absolute Gasteiger partial charge is 0.220 e. The summed E-state index contributed by atoms with van der Waals surface area (Å²) in [6.07, 6.45) is -0.677. The van der Waals surface area contributed by atoms with Gasteiger partial charge in [-0.15, -0.1) is 0 Å². The van der Waals surface area contributed by atoms with Crippen molar-refractivity contribution in [3.63, 3.8) is 0 Å². The lowest BCUT2D eigenvalue weighted by Crippen LogP contribution is -2.57. The minimum atomic E-state index is -1.26. The number of hydrogen-bond acceptors (Lipinski definition) is 7. The van der Waals surface area contributed by atoms with Gasteiger partial charge in [0.25, 0.3) is 0 Å². The monoisotopic (exact) mass is 558 g/mol. The maximum absolute atomic E-state index is 13.2. The van der Waals surface area contributed by atoms with E-state index in [0.29, 0.717) is 19.3 Å². The topological polar surface area (TPSA) is 142 Å². The molecule has 0 bridgehead atoms. The zero-order valence-corrected chi connectivity index (χ0v) is 26.5. The first-order valence-electron chi connectivity index (χ1n) is 15.0. The number of aliphatic hydroxyl groups is 5. The molecule has 1 saturated carbocycles. The molecule has 1 rings (SSSR count). The van der Waals surface area contributed by atoms with Crippen LogP contribution in [0.5, 0.6) is 0 Å². The number of carbonyl (C=O) groups excluding carboxylic acids is 1. The molecule has 8 nitrogen and oxygen atoms in total. The van der Waals surface area contributed by atoms with E-state index in [4.69, 9.17) is 0 Å². The number of carbonyl (C=O) groups is 1. The number of amides is 1. The first-order chi connectivity index (χ1) is 17.5. The van der Waals surface area contributed by atoms with E-state index in [2.05, 4.69) is 66.0 Å². The van der Waals surface area contributed by atoms with Gasteiger partial charge in [-0.1, -0.05) is 82.1 Å². The molecule has 0 aliphatic heterocycles. The molecule has 0 radical (unpaired) electrons. The van der Waals surface area contributed by atoms with Gasteiger partial charge in [0.15, 0.2) is 0 Å². The summed E-state index contributed by atoms with van der Waals surface area (Å²) in [5.41, 5.74) is -0.614. The van der Waals surface area contributed by atoms with Crippen molar-refractivity contribution in [1.29, 1.82) is 0 Å². The molecule has 0 aromatic rings. The Morgan fingerprint density at radius 2 is 1.36 bits per heavy atom. The van der Waals surface area contributed by atoms with Gasteiger partial charge in [-0.05, 0) is 47.3 Å². The second kappa shape index (κ2) is 14.4. The molecule has 232 valence electrons. The van der Waals surface area contributed by atoms with E-state index in [1.807, 2.05) is 13.8 Å². The van der Waals surface area contributed by atoms with Crippen molar-refractivity contribution < 1.29 is 30.3 Å². The van der Waals surface area contributed by atoms with Gasteiger partial charge in [0, 0.05) is 25.4 Å². The van der Waals surface area contributed by atoms with Crippen LogP contribution in [0.3, 0.4) is 0 Å². The minimum Gasteiger partial charge on any atom is -0.392 e. The van der Waals surface area contributed by atoms with Crippen molar-refractivity contribution in [2.24, 2.45) is 21.7 Å². The van der Waals surface area contributed by atoms with Gasteiger partial charge in [-0.3, -0.25) is 4.79 Å². The average molecular weight is 559 g/mol. The molecule has 0 aromatic heterocycles. The third-order valence-corrected chi connectivity index (χ3v) is 7.83. The van der Waals surface area contributed by atoms with E-state index >= 15 is 0 Å². The van der Waals surface area contributed by atoms with Crippen LogP contribution in [0.1, 0.15) is 121 Å². The Kier molecular flexibility index (Phi) is 13.4. The molecule has 7 N–H and O–H groups in total. The first-order valence-corrected chi connectivity index (χ1v) is 15.0. The van der Waals surface area contributed by atoms with Crippen molar-refractivity contribution in [2.75, 3.05) is 6.54 Å². The summed E-state index contributed by atoms with van der Waals surface area (Å²) < 4.78 is 0. The van der Waals surface area contributed by atoms with Crippen LogP contribution in [-0.4, -0.2) is 80.6 Å². The summed E-state index contributed by atoms with van der Waals surface area (Å²) in [5.74, 6) is -0.174. The van der Waals surface area contributed by atoms with E-state index in [1.165, 1.54) is 0 Å². The highest BCUT2D eigenvalue weighted by molar-refractivity contribution is 5.77. The lowest BCUT2D eigenvalue weighted by molar-refractivity contribution is -0.125. The second-order valence-electron chi connectivity index (χ2n) is 16.1. The predicted molar refractivity (Wildman–Crippen MR) is 157 cm³/mol. The van der Waals surface area contributed by atoms with Gasteiger partial charge < -0.3 is 36.2 Å². The van der Waals surface area contributed by atoms with Crippen LogP contribution in [0.4, 0.5) is 0 Å². The molecule has 8 heteroatoms. The Morgan fingerprint density at radius 3 is 1.90 bits per heavy atom. The lowest BCUT2D eigenvalue weighted by Gasteiger charge is -2.39. The van der Waals surface area contributed by atoms with Crippen LogP contribution in [0.25, 0.3) is 0 Å². The van der Waals surface area contributed by atoms with Crippen LogP contribution in [0, 0.1) is 21.7 Å². The zero-order chi connectivity index (χ0) is 30.4. The Morgan fingerprint density at radius 1 is 0.821 bits per heavy atom. The molecule has 39 heavy (non-hydrogen) atoms. The molecular formula is C31H62N2O6. The molecule has 0 saturated heterocycles. The Hall–Kier alpha value is -0.770.